The molecule has 1 aromatic carbocycles. The minimum atomic E-state index is -0.127. The Bertz CT molecular complexity index is 866. The van der Waals surface area contributed by atoms with E-state index in [1.165, 1.54) is 5.56 Å². The van der Waals surface area contributed by atoms with Gasteiger partial charge in [-0.05, 0) is 42.7 Å². The number of carbonyl (C=O) groups excluding carboxylic acids is 1. The first-order valence-electron chi connectivity index (χ1n) is 8.52. The van der Waals surface area contributed by atoms with Gasteiger partial charge in [0.05, 0.1) is 22.1 Å². The number of carbonyl (C=O) groups is 1. The fraction of sp³-hybridized carbons (Fsp3) is 0.300. The summed E-state index contributed by atoms with van der Waals surface area (Å²) in [7, 11) is 0. The first-order valence-corrected chi connectivity index (χ1v) is 10.2. The van der Waals surface area contributed by atoms with E-state index in [9.17, 15) is 4.79 Å². The molecule has 2 heterocycles. The molecule has 0 fully saturated rings. The summed E-state index contributed by atoms with van der Waals surface area (Å²) in [6.45, 7) is 6.82. The Morgan fingerprint density at radius 2 is 1.96 bits per heavy atom. The smallest absolute Gasteiger partial charge is 0.258 e. The van der Waals surface area contributed by atoms with Gasteiger partial charge in [-0.1, -0.05) is 26.0 Å². The monoisotopic (exact) mass is 386 g/mol. The number of aromatic nitrogens is 1. The van der Waals surface area contributed by atoms with Crippen molar-refractivity contribution in [2.45, 2.75) is 33.2 Å². The molecule has 0 aliphatic heterocycles. The van der Waals surface area contributed by atoms with E-state index in [1.54, 1.807) is 22.7 Å². The fourth-order valence-corrected chi connectivity index (χ4v) is 4.02. The number of hydrogen-bond donors (Lipinski definition) is 1. The van der Waals surface area contributed by atoms with E-state index in [0.29, 0.717) is 18.2 Å². The van der Waals surface area contributed by atoms with Crippen molar-refractivity contribution in [3.8, 4) is 16.3 Å². The van der Waals surface area contributed by atoms with Crippen molar-refractivity contribution in [2.24, 2.45) is 0 Å². The second-order valence-electron chi connectivity index (χ2n) is 6.31. The van der Waals surface area contributed by atoms with Crippen molar-refractivity contribution in [3.05, 3.63) is 57.2 Å². The van der Waals surface area contributed by atoms with Gasteiger partial charge in [0.1, 0.15) is 5.75 Å². The SMILES string of the molecule is Cc1nc(-c2ccc(CNC(=O)COc3ccc(C(C)C)cc3)s2)cs1. The van der Waals surface area contributed by atoms with Crippen LogP contribution < -0.4 is 10.1 Å². The highest BCUT2D eigenvalue weighted by molar-refractivity contribution is 7.16. The summed E-state index contributed by atoms with van der Waals surface area (Å²) in [5.74, 6) is 1.07. The molecule has 0 aliphatic rings. The van der Waals surface area contributed by atoms with Crippen molar-refractivity contribution in [2.75, 3.05) is 6.61 Å². The Balaban J connectivity index is 1.46. The predicted octanol–water partition coefficient (Wildman–Crippen LogP) is 5.00. The molecule has 3 rings (SSSR count). The van der Waals surface area contributed by atoms with Crippen LogP contribution in [0.15, 0.2) is 41.8 Å². The zero-order valence-electron chi connectivity index (χ0n) is 15.1. The maximum atomic E-state index is 12.0. The van der Waals surface area contributed by atoms with E-state index in [1.807, 2.05) is 43.3 Å². The topological polar surface area (TPSA) is 51.2 Å². The third-order valence-corrected chi connectivity index (χ3v) is 5.79. The lowest BCUT2D eigenvalue weighted by Crippen LogP contribution is -2.28. The normalized spacial score (nSPS) is 10.9. The third kappa shape index (κ3) is 4.93. The number of rotatable bonds is 7. The Hall–Kier alpha value is -2.18. The third-order valence-electron chi connectivity index (χ3n) is 3.91. The lowest BCUT2D eigenvalue weighted by molar-refractivity contribution is -0.123. The number of benzene rings is 1. The van der Waals surface area contributed by atoms with Crippen molar-refractivity contribution in [1.82, 2.24) is 10.3 Å². The Kier molecular flexibility index (Phi) is 6.06. The molecule has 6 heteroatoms. The van der Waals surface area contributed by atoms with Crippen LogP contribution >= 0.6 is 22.7 Å². The zero-order valence-corrected chi connectivity index (χ0v) is 16.7. The molecule has 0 saturated carbocycles. The van der Waals surface area contributed by atoms with Crippen molar-refractivity contribution >= 4 is 28.6 Å². The molecule has 1 amide bonds. The number of amides is 1. The average Bonchev–Trinajstić information content (AvgIpc) is 3.27. The summed E-state index contributed by atoms with van der Waals surface area (Å²) < 4.78 is 5.55. The van der Waals surface area contributed by atoms with Gasteiger partial charge in [-0.2, -0.15) is 0 Å². The van der Waals surface area contributed by atoms with Gasteiger partial charge in [0, 0.05) is 10.3 Å². The van der Waals surface area contributed by atoms with Gasteiger partial charge in [-0.3, -0.25) is 4.79 Å². The quantitative estimate of drug-likeness (QED) is 0.622. The van der Waals surface area contributed by atoms with Gasteiger partial charge in [0.25, 0.3) is 5.91 Å². The van der Waals surface area contributed by atoms with E-state index in [4.69, 9.17) is 4.74 Å². The number of nitrogens with zero attached hydrogens (tertiary/aromatic N) is 1. The summed E-state index contributed by atoms with van der Waals surface area (Å²) >= 11 is 3.29. The van der Waals surface area contributed by atoms with E-state index in [2.05, 4.69) is 29.5 Å². The number of thiazole rings is 1. The molecule has 0 bridgehead atoms. The lowest BCUT2D eigenvalue weighted by Gasteiger charge is -2.09. The summed E-state index contributed by atoms with van der Waals surface area (Å²) in [6, 6.07) is 12.0. The minimum absolute atomic E-state index is 0.0184. The van der Waals surface area contributed by atoms with Gasteiger partial charge in [0.2, 0.25) is 0 Å². The summed E-state index contributed by atoms with van der Waals surface area (Å²) in [5, 5.41) is 6.01. The Labute approximate surface area is 161 Å². The molecule has 4 nitrogen and oxygen atoms in total. The largest absolute Gasteiger partial charge is 0.484 e. The van der Waals surface area contributed by atoms with Gasteiger partial charge in [-0.15, -0.1) is 22.7 Å². The van der Waals surface area contributed by atoms with Crippen molar-refractivity contribution < 1.29 is 9.53 Å². The maximum Gasteiger partial charge on any atom is 0.258 e. The lowest BCUT2D eigenvalue weighted by atomic mass is 10.0. The van der Waals surface area contributed by atoms with E-state index in [0.717, 1.165) is 20.5 Å². The molecule has 0 aliphatic carbocycles. The molecule has 1 N–H and O–H groups in total. The van der Waals surface area contributed by atoms with Crippen LogP contribution in [0.3, 0.4) is 0 Å². The van der Waals surface area contributed by atoms with Crippen LogP contribution in [0.1, 0.15) is 35.2 Å². The van der Waals surface area contributed by atoms with Crippen LogP contribution in [0.25, 0.3) is 10.6 Å². The fourth-order valence-electron chi connectivity index (χ4n) is 2.42. The number of ether oxygens (including phenoxy) is 1. The second kappa shape index (κ2) is 8.47. The molecule has 3 aromatic rings. The van der Waals surface area contributed by atoms with Crippen LogP contribution in [0.4, 0.5) is 0 Å². The van der Waals surface area contributed by atoms with Gasteiger partial charge < -0.3 is 10.1 Å². The summed E-state index contributed by atoms with van der Waals surface area (Å²) in [4.78, 5) is 18.7. The average molecular weight is 387 g/mol. The standard InChI is InChI=1S/C20H22N2O2S2/c1-13(2)15-4-6-16(7-5-15)24-11-20(23)21-10-17-8-9-19(26-17)18-12-25-14(3)22-18/h4-9,12-13H,10-11H2,1-3H3,(H,21,23). The molecule has 0 radical (unpaired) electrons. The molecule has 0 saturated heterocycles. The highest BCUT2D eigenvalue weighted by Gasteiger charge is 2.08. The predicted molar refractivity (Wildman–Crippen MR) is 108 cm³/mol. The second-order valence-corrected chi connectivity index (χ2v) is 8.54. The minimum Gasteiger partial charge on any atom is -0.484 e. The van der Waals surface area contributed by atoms with Crippen LogP contribution in [-0.2, 0) is 11.3 Å². The van der Waals surface area contributed by atoms with Crippen LogP contribution in [-0.4, -0.2) is 17.5 Å². The van der Waals surface area contributed by atoms with Crippen LogP contribution in [0, 0.1) is 6.92 Å². The highest BCUT2D eigenvalue weighted by Crippen LogP contribution is 2.28. The maximum absolute atomic E-state index is 12.0. The Morgan fingerprint density at radius 1 is 1.19 bits per heavy atom. The molecular weight excluding hydrogens is 364 g/mol. The number of aryl methyl sites for hydroxylation is 1. The first kappa shape index (κ1) is 18.6. The molecule has 0 unspecified atom stereocenters. The van der Waals surface area contributed by atoms with Crippen molar-refractivity contribution in [1.29, 1.82) is 0 Å². The molecule has 26 heavy (non-hydrogen) atoms. The van der Waals surface area contributed by atoms with Crippen molar-refractivity contribution in [3.63, 3.8) is 0 Å². The van der Waals surface area contributed by atoms with Gasteiger partial charge >= 0.3 is 0 Å². The molecular formula is C20H22N2O2S2. The van der Waals surface area contributed by atoms with Gasteiger partial charge in [0.15, 0.2) is 6.61 Å². The molecule has 0 spiro atoms. The zero-order chi connectivity index (χ0) is 18.5. The van der Waals surface area contributed by atoms with E-state index < -0.39 is 0 Å². The molecule has 136 valence electrons. The molecule has 0 atom stereocenters. The number of hydrogen-bond acceptors (Lipinski definition) is 5. The summed E-state index contributed by atoms with van der Waals surface area (Å²) in [5.41, 5.74) is 2.26. The van der Waals surface area contributed by atoms with E-state index in [-0.39, 0.29) is 12.5 Å². The first-order chi connectivity index (χ1) is 12.5. The number of thiophene rings is 1. The van der Waals surface area contributed by atoms with Crippen LogP contribution in [0.5, 0.6) is 5.75 Å². The van der Waals surface area contributed by atoms with Crippen LogP contribution in [0.2, 0.25) is 0 Å². The Morgan fingerprint density at radius 3 is 2.62 bits per heavy atom. The molecule has 2 aromatic heterocycles. The number of nitrogens with one attached hydrogen (secondary N) is 1. The highest BCUT2D eigenvalue weighted by atomic mass is 32.1. The van der Waals surface area contributed by atoms with E-state index >= 15 is 0 Å². The van der Waals surface area contributed by atoms with Gasteiger partial charge in [-0.25, -0.2) is 4.98 Å². The summed E-state index contributed by atoms with van der Waals surface area (Å²) in [6.07, 6.45) is 0.